The number of fused-ring (bicyclic) bond motifs is 14. The summed E-state index contributed by atoms with van der Waals surface area (Å²) in [6.07, 6.45) is 1.74. The van der Waals surface area contributed by atoms with Gasteiger partial charge in [0.1, 0.15) is 0 Å². The van der Waals surface area contributed by atoms with E-state index in [1.807, 2.05) is 30.3 Å². The van der Waals surface area contributed by atoms with Crippen molar-refractivity contribution < 1.29 is 28.2 Å². The molecule has 0 saturated carbocycles. The van der Waals surface area contributed by atoms with E-state index < -0.39 is 12.3 Å². The Hall–Kier alpha value is -9.67. The molecule has 14 aromatic rings. The second-order valence-electron chi connectivity index (χ2n) is 30.4. The molecule has 3 heterocycles. The van der Waals surface area contributed by atoms with Crippen LogP contribution in [0, 0.1) is 22.8 Å². The van der Waals surface area contributed by atoms with Gasteiger partial charge in [-0.1, -0.05) is 118 Å². The molecule has 5 nitrogen and oxygen atoms in total. The fourth-order valence-corrected chi connectivity index (χ4v) is 16.1. The summed E-state index contributed by atoms with van der Waals surface area (Å²) in [6, 6.07) is 90.5. The van der Waals surface area contributed by atoms with E-state index >= 15 is 0 Å². The van der Waals surface area contributed by atoms with Crippen LogP contribution in [0.3, 0.4) is 0 Å². The zero-order valence-electron chi connectivity index (χ0n) is 59.5. The maximum absolute atomic E-state index is 9.15. The molecule has 3 aromatic heterocycles. The molecule has 2 aliphatic rings. The van der Waals surface area contributed by atoms with Crippen LogP contribution in [0.4, 0.5) is 0 Å². The smallest absolute Gasteiger partial charge is 0.0619 e. The third-order valence-electron chi connectivity index (χ3n) is 20.1. The van der Waals surface area contributed by atoms with Crippen molar-refractivity contribution in [3.05, 3.63) is 303 Å². The molecule has 11 aromatic carbocycles. The molecule has 1 spiro atoms. The summed E-state index contributed by atoms with van der Waals surface area (Å²) in [7, 11) is 0. The third-order valence-corrected chi connectivity index (χ3v) is 21.1. The maximum atomic E-state index is 9.15. The molecule has 16 rings (SSSR count). The van der Waals surface area contributed by atoms with Gasteiger partial charge >= 0.3 is 371 Å². The van der Waals surface area contributed by atoms with Crippen LogP contribution in [-0.4, -0.2) is 18.7 Å². The number of pyridine rings is 1. The number of aryl methyl sites for hydroxylation is 1. The normalized spacial score (nSPS) is 14.0. The zero-order chi connectivity index (χ0) is 69.0. The quantitative estimate of drug-likeness (QED) is 0.142. The fourth-order valence-electron chi connectivity index (χ4n) is 15.1. The Balaban J connectivity index is 0.887. The minimum Gasteiger partial charge on any atom is -0.0619 e. The van der Waals surface area contributed by atoms with Crippen molar-refractivity contribution in [2.75, 3.05) is 0 Å². The summed E-state index contributed by atoms with van der Waals surface area (Å²) in [5.74, 6) is 1.42. The van der Waals surface area contributed by atoms with Gasteiger partial charge in [0.2, 0.25) is 0 Å². The Labute approximate surface area is 580 Å². The summed E-state index contributed by atoms with van der Waals surface area (Å²) >= 11 is 2.53. The van der Waals surface area contributed by atoms with Crippen LogP contribution >= 0.6 is 0 Å². The molecule has 0 amide bonds. The minimum absolute atomic E-state index is 0.0811. The van der Waals surface area contributed by atoms with Crippen LogP contribution in [0.25, 0.3) is 106 Å². The van der Waals surface area contributed by atoms with Gasteiger partial charge in [0.25, 0.3) is 0 Å². The number of imidazole rings is 1. The SMILES string of the molecule is [2H]C([2H])([2H])c1cc(-n2c3[c-]c(Oc4[c-]c(-n5[c](=[Pt])n(-c6c(-c7ccccc7)cc(C(C)(C)C)cc6-c6cc(C(C)(C)C)cc(C(C)(C)C)c6)c6ccccc65)ccc4)ccc3c3cc4c(cc32)C2(c3ccccc3-c3ccccc32)c2ccccc2-4)ncc1-c1ccc(C(C)(C)C)cc1. The van der Waals surface area contributed by atoms with Crippen molar-refractivity contribution in [3.63, 3.8) is 0 Å². The average Bonchev–Trinajstić information content (AvgIpc) is 1.50. The molecule has 96 heavy (non-hydrogen) atoms. The molecule has 0 bridgehead atoms. The van der Waals surface area contributed by atoms with Crippen molar-refractivity contribution in [3.8, 4) is 84.3 Å². The third kappa shape index (κ3) is 9.81. The Morgan fingerprint density at radius 3 is 1.53 bits per heavy atom. The molecule has 2 aliphatic carbocycles. The molecular weight excluding hydrogens is 1350 g/mol. The number of aromatic nitrogens is 4. The molecule has 0 aliphatic heterocycles. The molecule has 6 heteroatoms. The predicted molar refractivity (Wildman–Crippen MR) is 394 cm³/mol. The molecule has 0 radical (unpaired) electrons. The first-order valence-corrected chi connectivity index (χ1v) is 34.6. The van der Waals surface area contributed by atoms with Crippen LogP contribution in [0.5, 0.6) is 11.5 Å². The van der Waals surface area contributed by atoms with E-state index in [1.54, 1.807) is 12.3 Å². The minimum atomic E-state index is -2.49. The second-order valence-corrected chi connectivity index (χ2v) is 31.4. The van der Waals surface area contributed by atoms with Crippen LogP contribution in [0.15, 0.2) is 237 Å². The summed E-state index contributed by atoms with van der Waals surface area (Å²) < 4.78 is 42.3. The van der Waals surface area contributed by atoms with Crippen molar-refractivity contribution in [2.45, 2.75) is 117 Å². The molecule has 0 N–H and O–H groups in total. The van der Waals surface area contributed by atoms with E-state index in [2.05, 4.69) is 322 Å². The Kier molecular flexibility index (Phi) is 13.4. The zero-order valence-corrected chi connectivity index (χ0v) is 58.8. The van der Waals surface area contributed by atoms with Crippen molar-refractivity contribution in [2.24, 2.45) is 0 Å². The standard InChI is InChI=1S/C90H78N4O.Pt/c1-56-44-84(91-54-75(56)58-38-40-60(41-39-58)86(2,3)4)94-82-51-66(42-43-70(82)74-52-73-69-32-19-22-35-78(69)90(79(73)53-83(74)94)76-33-20-17-30-67(76)68-31-18-21-34-77(68)90)95-65-29-25-28-64(50-65)92-55-93(81-37-24-23-36-80(81)92)85-71(57-26-15-14-16-27-57)48-63(89(11,12)13)49-72(85)59-45-61(87(5,6)7)47-62(46-59)88(8,9)10;/h14-49,52-54H,1-13H3;/q-2;/i1D3;. The Morgan fingerprint density at radius 2 is 0.927 bits per heavy atom. The number of hydrogen-bond acceptors (Lipinski definition) is 2. The first-order chi connectivity index (χ1) is 47.2. The van der Waals surface area contributed by atoms with E-state index in [1.165, 1.54) is 55.6 Å². The molecular formula is C90H78N4OPt-2. The number of rotatable bonds is 8. The van der Waals surface area contributed by atoms with Gasteiger partial charge in [-0.3, -0.25) is 0 Å². The van der Waals surface area contributed by atoms with Gasteiger partial charge in [-0.05, 0) is 73.5 Å². The van der Waals surface area contributed by atoms with E-state index in [0.29, 0.717) is 28.4 Å². The van der Waals surface area contributed by atoms with Crippen LogP contribution in [0.2, 0.25) is 0 Å². The molecule has 0 fully saturated rings. The van der Waals surface area contributed by atoms with Gasteiger partial charge in [0, 0.05) is 15.9 Å². The number of ether oxygens (including phenoxy) is 1. The van der Waals surface area contributed by atoms with Gasteiger partial charge < -0.3 is 0 Å². The molecule has 0 saturated heterocycles. The molecule has 0 atom stereocenters. The van der Waals surface area contributed by atoms with Gasteiger partial charge in [-0.2, -0.15) is 0 Å². The summed E-state index contributed by atoms with van der Waals surface area (Å²) in [5, 5.41) is 1.90. The number of para-hydroxylation sites is 2. The molecule has 476 valence electrons. The van der Waals surface area contributed by atoms with E-state index in [0.717, 1.165) is 81.4 Å². The van der Waals surface area contributed by atoms with Gasteiger partial charge in [0.05, 0.1) is 5.41 Å². The fraction of sp³-hybridized carbons (Fsp3) is 0.200. The molecule has 0 unspecified atom stereocenters. The average molecular weight is 1430 g/mol. The Bertz CT molecular complexity index is 5620. The Morgan fingerprint density at radius 1 is 0.396 bits per heavy atom. The first kappa shape index (κ1) is 57.7. The summed E-state index contributed by atoms with van der Waals surface area (Å²) in [4.78, 5) is 5.28. The van der Waals surface area contributed by atoms with Crippen molar-refractivity contribution >= 4 is 32.8 Å². The van der Waals surface area contributed by atoms with Crippen LogP contribution in [0.1, 0.15) is 137 Å². The van der Waals surface area contributed by atoms with Gasteiger partial charge in [-0.25, -0.2) is 0 Å². The van der Waals surface area contributed by atoms with E-state index in [9.17, 15) is 0 Å². The van der Waals surface area contributed by atoms with Crippen molar-refractivity contribution in [1.82, 2.24) is 18.7 Å². The van der Waals surface area contributed by atoms with Crippen LogP contribution in [-0.2, 0) is 46.4 Å². The number of benzene rings is 11. The number of nitrogens with zero attached hydrogens (tertiary/aromatic N) is 4. The van der Waals surface area contributed by atoms with Gasteiger partial charge in [0.15, 0.2) is 0 Å². The second kappa shape index (κ2) is 22.2. The van der Waals surface area contributed by atoms with E-state index in [4.69, 9.17) is 13.8 Å². The van der Waals surface area contributed by atoms with E-state index in [-0.39, 0.29) is 27.2 Å². The van der Waals surface area contributed by atoms with Crippen molar-refractivity contribution in [1.29, 1.82) is 0 Å². The summed E-state index contributed by atoms with van der Waals surface area (Å²) in [6.45, 7) is 24.9. The monoisotopic (exact) mass is 1430 g/mol. The first-order valence-electron chi connectivity index (χ1n) is 34.9. The van der Waals surface area contributed by atoms with Crippen LogP contribution < -0.4 is 4.74 Å². The number of hydrogen-bond donors (Lipinski definition) is 0. The predicted octanol–water partition coefficient (Wildman–Crippen LogP) is 23.2. The topological polar surface area (TPSA) is 36.9 Å². The summed E-state index contributed by atoms with van der Waals surface area (Å²) in [5.41, 5.74) is 25.2. The van der Waals surface area contributed by atoms with Gasteiger partial charge in [-0.15, -0.1) is 0 Å².